The van der Waals surface area contributed by atoms with Crippen LogP contribution in [0.1, 0.15) is 24.5 Å². The molecule has 1 unspecified atom stereocenters. The van der Waals surface area contributed by atoms with Gasteiger partial charge >= 0.3 is 0 Å². The van der Waals surface area contributed by atoms with Gasteiger partial charge in [-0.3, -0.25) is 4.99 Å². The third kappa shape index (κ3) is 5.32. The van der Waals surface area contributed by atoms with Crippen LogP contribution in [0.3, 0.4) is 0 Å². The van der Waals surface area contributed by atoms with E-state index in [-0.39, 0.29) is 24.0 Å². The maximum atomic E-state index is 11.7. The highest BCUT2D eigenvalue weighted by molar-refractivity contribution is 14.0. The number of hydrogen-bond donors (Lipinski definition) is 1. The van der Waals surface area contributed by atoms with Crippen LogP contribution in [-0.4, -0.2) is 62.6 Å². The summed E-state index contributed by atoms with van der Waals surface area (Å²) in [5.41, 5.74) is 2.79. The van der Waals surface area contributed by atoms with Gasteiger partial charge in [0.2, 0.25) is 10.0 Å². The van der Waals surface area contributed by atoms with Crippen molar-refractivity contribution >= 4 is 40.0 Å². The number of aliphatic imine (C=N–C) groups is 1. The summed E-state index contributed by atoms with van der Waals surface area (Å²) in [5.74, 6) is 1.25. The van der Waals surface area contributed by atoms with E-state index >= 15 is 0 Å². The molecule has 1 saturated heterocycles. The van der Waals surface area contributed by atoms with Crippen molar-refractivity contribution in [3.8, 4) is 0 Å². The summed E-state index contributed by atoms with van der Waals surface area (Å²) in [6.45, 7) is 6.63. The molecule has 0 amide bonds. The van der Waals surface area contributed by atoms with E-state index in [0.29, 0.717) is 25.6 Å². The predicted octanol–water partition coefficient (Wildman–Crippen LogP) is 1.91. The minimum absolute atomic E-state index is 0. The summed E-state index contributed by atoms with van der Waals surface area (Å²) in [5, 5.41) is 3.39. The van der Waals surface area contributed by atoms with Crippen LogP contribution in [0, 0.1) is 5.92 Å². The number of halogens is 1. The molecular formula is C18H29IN4O2S. The number of benzene rings is 1. The number of hydrogen-bond acceptors (Lipinski definition) is 3. The largest absolute Gasteiger partial charge is 0.357 e. The van der Waals surface area contributed by atoms with Crippen molar-refractivity contribution in [2.75, 3.05) is 39.0 Å². The quantitative estimate of drug-likeness (QED) is 0.397. The van der Waals surface area contributed by atoms with Gasteiger partial charge in [-0.05, 0) is 36.8 Å². The Morgan fingerprint density at radius 3 is 2.65 bits per heavy atom. The lowest BCUT2D eigenvalue weighted by Gasteiger charge is -2.32. The number of fused-ring (bicyclic) bond motifs is 1. The molecule has 0 bridgehead atoms. The molecule has 0 saturated carbocycles. The van der Waals surface area contributed by atoms with Crippen LogP contribution < -0.4 is 5.32 Å². The number of rotatable bonds is 4. The van der Waals surface area contributed by atoms with E-state index in [1.165, 1.54) is 17.4 Å². The summed E-state index contributed by atoms with van der Waals surface area (Å²) >= 11 is 0. The maximum absolute atomic E-state index is 11.7. The lowest BCUT2D eigenvalue weighted by atomic mass is 10.0. The van der Waals surface area contributed by atoms with E-state index < -0.39 is 10.0 Å². The summed E-state index contributed by atoms with van der Waals surface area (Å²) in [7, 11) is -3.08. The van der Waals surface area contributed by atoms with Gasteiger partial charge in [-0.15, -0.1) is 24.0 Å². The van der Waals surface area contributed by atoms with Crippen molar-refractivity contribution in [1.29, 1.82) is 0 Å². The number of guanidine groups is 1. The van der Waals surface area contributed by atoms with Crippen LogP contribution in [0.5, 0.6) is 0 Å². The molecule has 146 valence electrons. The van der Waals surface area contributed by atoms with Crippen molar-refractivity contribution in [3.05, 3.63) is 35.4 Å². The van der Waals surface area contributed by atoms with Crippen molar-refractivity contribution in [2.45, 2.75) is 26.3 Å². The molecule has 1 aromatic carbocycles. The van der Waals surface area contributed by atoms with E-state index in [1.807, 2.05) is 0 Å². The molecule has 6 nitrogen and oxygen atoms in total. The molecule has 0 spiro atoms. The standard InChI is InChI=1S/C18H28N4O2S.HI/c1-3-19-18(20-12-15-8-11-22(13-15)25(2,23)24)21-10-9-16-6-4-5-7-17(16)14-21;/h4-7,15H,3,8-14H2,1-2H3,(H,19,20);1H. The Hall–Kier alpha value is -0.870. The summed E-state index contributed by atoms with van der Waals surface area (Å²) in [4.78, 5) is 7.12. The molecule has 1 aromatic rings. The topological polar surface area (TPSA) is 65.0 Å². The third-order valence-corrected chi connectivity index (χ3v) is 6.25. The zero-order valence-corrected chi connectivity index (χ0v) is 18.7. The first kappa shape index (κ1) is 21.4. The Morgan fingerprint density at radius 2 is 2.00 bits per heavy atom. The van der Waals surface area contributed by atoms with E-state index in [1.54, 1.807) is 4.31 Å². The average Bonchev–Trinajstić information content (AvgIpc) is 3.07. The molecule has 0 aromatic heterocycles. The van der Waals surface area contributed by atoms with Crippen LogP contribution in [0.2, 0.25) is 0 Å². The van der Waals surface area contributed by atoms with E-state index in [4.69, 9.17) is 4.99 Å². The first-order valence-corrected chi connectivity index (χ1v) is 10.9. The van der Waals surface area contributed by atoms with Gasteiger partial charge < -0.3 is 10.2 Å². The Morgan fingerprint density at radius 1 is 1.27 bits per heavy atom. The van der Waals surface area contributed by atoms with Crippen LogP contribution >= 0.6 is 24.0 Å². The van der Waals surface area contributed by atoms with Crippen LogP contribution in [0.4, 0.5) is 0 Å². The summed E-state index contributed by atoms with van der Waals surface area (Å²) < 4.78 is 24.9. The highest BCUT2D eigenvalue weighted by Gasteiger charge is 2.28. The monoisotopic (exact) mass is 492 g/mol. The lowest BCUT2D eigenvalue weighted by molar-refractivity contribution is 0.377. The third-order valence-electron chi connectivity index (χ3n) is 4.98. The fourth-order valence-corrected chi connectivity index (χ4v) is 4.48. The van der Waals surface area contributed by atoms with Crippen molar-refractivity contribution in [1.82, 2.24) is 14.5 Å². The van der Waals surface area contributed by atoms with Gasteiger partial charge in [0.05, 0.1) is 6.26 Å². The highest BCUT2D eigenvalue weighted by Crippen LogP contribution is 2.21. The zero-order chi connectivity index (χ0) is 17.9. The fraction of sp³-hybridized carbons (Fsp3) is 0.611. The molecule has 2 aliphatic rings. The van der Waals surface area contributed by atoms with Gasteiger partial charge in [0.25, 0.3) is 0 Å². The molecule has 8 heteroatoms. The molecule has 0 radical (unpaired) electrons. The van der Waals surface area contributed by atoms with Gasteiger partial charge in [-0.2, -0.15) is 0 Å². The molecule has 1 atom stereocenters. The highest BCUT2D eigenvalue weighted by atomic mass is 127. The fourth-order valence-electron chi connectivity index (χ4n) is 3.57. The van der Waals surface area contributed by atoms with Gasteiger partial charge in [0.1, 0.15) is 0 Å². The van der Waals surface area contributed by atoms with Crippen molar-refractivity contribution in [2.24, 2.45) is 10.9 Å². The average molecular weight is 492 g/mol. The molecule has 2 aliphatic heterocycles. The van der Waals surface area contributed by atoms with E-state index in [2.05, 4.69) is 41.4 Å². The second-order valence-corrected chi connectivity index (χ2v) is 8.89. The van der Waals surface area contributed by atoms with Crippen LogP contribution in [-0.2, 0) is 23.0 Å². The normalized spacial score (nSPS) is 21.2. The SMILES string of the molecule is CCNC(=NCC1CCN(S(C)(=O)=O)C1)N1CCc2ccccc2C1.I. The first-order valence-electron chi connectivity index (χ1n) is 9.02. The summed E-state index contributed by atoms with van der Waals surface area (Å²) in [6, 6.07) is 8.58. The second kappa shape index (κ2) is 9.36. The lowest BCUT2D eigenvalue weighted by Crippen LogP contribution is -2.44. The van der Waals surface area contributed by atoms with Gasteiger partial charge in [-0.25, -0.2) is 12.7 Å². The van der Waals surface area contributed by atoms with Gasteiger partial charge in [-0.1, -0.05) is 24.3 Å². The Labute approximate surface area is 174 Å². The van der Waals surface area contributed by atoms with E-state index in [0.717, 1.165) is 38.4 Å². The second-order valence-electron chi connectivity index (χ2n) is 6.91. The smallest absolute Gasteiger partial charge is 0.211 e. The Kier molecular flexibility index (Phi) is 7.72. The van der Waals surface area contributed by atoms with Crippen LogP contribution in [0.25, 0.3) is 0 Å². The molecule has 1 N–H and O–H groups in total. The van der Waals surface area contributed by atoms with Crippen molar-refractivity contribution in [3.63, 3.8) is 0 Å². The number of nitrogens with zero attached hydrogens (tertiary/aromatic N) is 3. The molecule has 2 heterocycles. The predicted molar refractivity (Wildman–Crippen MR) is 116 cm³/mol. The van der Waals surface area contributed by atoms with Crippen molar-refractivity contribution < 1.29 is 8.42 Å². The Balaban J connectivity index is 0.00000243. The first-order chi connectivity index (χ1) is 12.0. The molecule has 26 heavy (non-hydrogen) atoms. The molecule has 1 fully saturated rings. The minimum atomic E-state index is -3.08. The number of sulfonamides is 1. The minimum Gasteiger partial charge on any atom is -0.357 e. The van der Waals surface area contributed by atoms with Gasteiger partial charge in [0.15, 0.2) is 5.96 Å². The summed E-state index contributed by atoms with van der Waals surface area (Å²) in [6.07, 6.45) is 3.21. The molecule has 0 aliphatic carbocycles. The van der Waals surface area contributed by atoms with Gasteiger partial charge in [0, 0.05) is 39.3 Å². The van der Waals surface area contributed by atoms with E-state index in [9.17, 15) is 8.42 Å². The number of nitrogens with one attached hydrogen (secondary N) is 1. The Bertz CT molecular complexity index is 738. The van der Waals surface area contributed by atoms with Crippen LogP contribution in [0.15, 0.2) is 29.3 Å². The molecule has 3 rings (SSSR count). The zero-order valence-electron chi connectivity index (χ0n) is 15.5. The molecular weight excluding hydrogens is 463 g/mol. The maximum Gasteiger partial charge on any atom is 0.211 e.